The molecule has 0 aromatic rings. The summed E-state index contributed by atoms with van der Waals surface area (Å²) in [6.45, 7) is 3.34. The van der Waals surface area contributed by atoms with E-state index in [1.54, 1.807) is 0 Å². The number of rotatable bonds is 26. The molecule has 0 bridgehead atoms. The van der Waals surface area contributed by atoms with Gasteiger partial charge in [-0.25, -0.2) is 4.79 Å². The standard InChI is InChI=1S/C28H57N9O6/c1-2-3-11-23(28(42)43)37-27(41)22(14-9-18-32)36-26(40)21(13-5-7-16-30)35-25(39)20(12-4-6-15-29)34-24(38)19(33)10-8-17-31/h19-23H,2-18,29-33H2,1H3,(H,34,38)(H,35,39)(H,36,40)(H,37,41)(H,42,43)/t19-,20-,21-,22-,23-/m0/s1. The summed E-state index contributed by atoms with van der Waals surface area (Å²) in [4.78, 5) is 64.3. The lowest BCUT2D eigenvalue weighted by Crippen LogP contribution is -2.58. The van der Waals surface area contributed by atoms with Crippen molar-refractivity contribution in [1.82, 2.24) is 21.3 Å². The van der Waals surface area contributed by atoms with Crippen molar-refractivity contribution < 1.29 is 29.1 Å². The van der Waals surface area contributed by atoms with E-state index >= 15 is 0 Å². The molecular formula is C28H57N9O6. The van der Waals surface area contributed by atoms with Gasteiger partial charge in [0.15, 0.2) is 0 Å². The number of carboxylic acids is 1. The molecule has 0 saturated carbocycles. The molecule has 0 aliphatic carbocycles. The summed E-state index contributed by atoms with van der Waals surface area (Å²) in [5, 5.41) is 20.1. The minimum absolute atomic E-state index is 0.177. The summed E-state index contributed by atoms with van der Waals surface area (Å²) in [6, 6.07) is -5.00. The Morgan fingerprint density at radius 2 is 0.860 bits per heavy atom. The Morgan fingerprint density at radius 1 is 0.512 bits per heavy atom. The van der Waals surface area contributed by atoms with E-state index in [4.69, 9.17) is 28.7 Å². The zero-order valence-electron chi connectivity index (χ0n) is 25.8. The van der Waals surface area contributed by atoms with Crippen LogP contribution >= 0.6 is 0 Å². The van der Waals surface area contributed by atoms with Gasteiger partial charge in [-0.05, 0) is 96.8 Å². The highest BCUT2D eigenvalue weighted by atomic mass is 16.4. The first-order valence-corrected chi connectivity index (χ1v) is 15.6. The van der Waals surface area contributed by atoms with Crippen LogP contribution < -0.4 is 49.9 Å². The fourth-order valence-electron chi connectivity index (χ4n) is 4.34. The number of unbranched alkanes of at least 4 members (excludes halogenated alkanes) is 3. The zero-order valence-corrected chi connectivity index (χ0v) is 25.8. The second-order valence-electron chi connectivity index (χ2n) is 10.8. The maximum Gasteiger partial charge on any atom is 0.326 e. The van der Waals surface area contributed by atoms with E-state index in [0.29, 0.717) is 71.0 Å². The van der Waals surface area contributed by atoms with Crippen molar-refractivity contribution in [2.45, 2.75) is 121 Å². The number of hydrogen-bond donors (Lipinski definition) is 10. The van der Waals surface area contributed by atoms with E-state index in [1.807, 2.05) is 6.92 Å². The van der Waals surface area contributed by atoms with E-state index in [-0.39, 0.29) is 32.2 Å². The first-order chi connectivity index (χ1) is 20.6. The summed E-state index contributed by atoms with van der Waals surface area (Å²) < 4.78 is 0. The number of nitrogens with one attached hydrogen (secondary N) is 4. The Labute approximate surface area is 255 Å². The summed E-state index contributed by atoms with van der Waals surface area (Å²) in [6.07, 6.45) is 5.90. The van der Waals surface area contributed by atoms with Crippen LogP contribution in [0.5, 0.6) is 0 Å². The molecule has 15 N–H and O–H groups in total. The Balaban J connectivity index is 5.81. The molecule has 0 radical (unpaired) electrons. The van der Waals surface area contributed by atoms with Gasteiger partial charge in [0.05, 0.1) is 6.04 Å². The predicted molar refractivity (Wildman–Crippen MR) is 165 cm³/mol. The number of nitrogens with two attached hydrogens (primary N) is 5. The van der Waals surface area contributed by atoms with E-state index in [1.165, 1.54) is 0 Å². The van der Waals surface area contributed by atoms with Crippen molar-refractivity contribution in [3.63, 3.8) is 0 Å². The molecule has 250 valence electrons. The normalized spacial score (nSPS) is 14.6. The molecule has 0 fully saturated rings. The van der Waals surface area contributed by atoms with Crippen LogP contribution in [0.2, 0.25) is 0 Å². The zero-order chi connectivity index (χ0) is 32.6. The number of amides is 4. The summed E-state index contributed by atoms with van der Waals surface area (Å²) >= 11 is 0. The minimum Gasteiger partial charge on any atom is -0.480 e. The van der Waals surface area contributed by atoms with E-state index < -0.39 is 59.8 Å². The molecule has 5 atom stereocenters. The third-order valence-electron chi connectivity index (χ3n) is 7.01. The van der Waals surface area contributed by atoms with Gasteiger partial charge in [-0.15, -0.1) is 0 Å². The van der Waals surface area contributed by atoms with Crippen LogP contribution in [0.3, 0.4) is 0 Å². The van der Waals surface area contributed by atoms with Crippen molar-refractivity contribution in [1.29, 1.82) is 0 Å². The van der Waals surface area contributed by atoms with Gasteiger partial charge in [0.25, 0.3) is 0 Å². The Morgan fingerprint density at radius 3 is 1.26 bits per heavy atom. The smallest absolute Gasteiger partial charge is 0.326 e. The van der Waals surface area contributed by atoms with Gasteiger partial charge in [0.2, 0.25) is 23.6 Å². The van der Waals surface area contributed by atoms with Gasteiger partial charge in [0, 0.05) is 0 Å². The number of hydrogen-bond acceptors (Lipinski definition) is 10. The average molecular weight is 616 g/mol. The molecule has 0 heterocycles. The van der Waals surface area contributed by atoms with Crippen molar-refractivity contribution >= 4 is 29.6 Å². The molecule has 15 heteroatoms. The molecule has 0 unspecified atom stereocenters. The van der Waals surface area contributed by atoms with E-state index in [2.05, 4.69) is 21.3 Å². The molecule has 4 amide bonds. The van der Waals surface area contributed by atoms with Crippen LogP contribution in [0.4, 0.5) is 0 Å². The van der Waals surface area contributed by atoms with Gasteiger partial charge in [-0.3, -0.25) is 19.2 Å². The highest BCUT2D eigenvalue weighted by molar-refractivity contribution is 5.95. The fourth-order valence-corrected chi connectivity index (χ4v) is 4.34. The molecular weight excluding hydrogens is 558 g/mol. The highest BCUT2D eigenvalue weighted by Crippen LogP contribution is 2.09. The maximum absolute atomic E-state index is 13.5. The van der Waals surface area contributed by atoms with Gasteiger partial charge >= 0.3 is 5.97 Å². The third-order valence-corrected chi connectivity index (χ3v) is 7.01. The van der Waals surface area contributed by atoms with Crippen molar-refractivity contribution in [2.75, 3.05) is 26.2 Å². The molecule has 0 spiro atoms. The number of carbonyl (C=O) groups is 5. The second-order valence-corrected chi connectivity index (χ2v) is 10.8. The van der Waals surface area contributed by atoms with Crippen LogP contribution in [-0.2, 0) is 24.0 Å². The molecule has 0 aliphatic heterocycles. The maximum atomic E-state index is 13.5. The Kier molecular flexibility index (Phi) is 22.9. The van der Waals surface area contributed by atoms with E-state index in [0.717, 1.165) is 6.42 Å². The molecule has 43 heavy (non-hydrogen) atoms. The van der Waals surface area contributed by atoms with Gasteiger partial charge in [-0.2, -0.15) is 0 Å². The van der Waals surface area contributed by atoms with Crippen LogP contribution in [0, 0.1) is 0 Å². The Bertz CT molecular complexity index is 833. The SMILES string of the molecule is CCCC[C@H](NC(=O)[C@H](CCCN)NC(=O)[C@H](CCCCN)NC(=O)[C@H](CCCCN)NC(=O)[C@@H](N)CCCN)C(=O)O. The lowest BCUT2D eigenvalue weighted by molar-refractivity contribution is -0.142. The van der Waals surface area contributed by atoms with Crippen molar-refractivity contribution in [3.8, 4) is 0 Å². The first kappa shape index (κ1) is 40.1. The van der Waals surface area contributed by atoms with Crippen LogP contribution in [0.25, 0.3) is 0 Å². The summed E-state index contributed by atoms with van der Waals surface area (Å²) in [5.74, 6) is -3.49. The second kappa shape index (κ2) is 24.6. The summed E-state index contributed by atoms with van der Waals surface area (Å²) in [5.41, 5.74) is 28.3. The number of carboxylic acid groups (broad SMARTS) is 1. The first-order valence-electron chi connectivity index (χ1n) is 15.6. The molecule has 0 aromatic heterocycles. The van der Waals surface area contributed by atoms with Gasteiger partial charge in [0.1, 0.15) is 24.2 Å². The molecule has 0 aliphatic rings. The van der Waals surface area contributed by atoms with Crippen LogP contribution in [-0.4, -0.2) is 91.1 Å². The molecule has 0 rings (SSSR count). The minimum atomic E-state index is -1.16. The monoisotopic (exact) mass is 615 g/mol. The molecule has 0 saturated heterocycles. The van der Waals surface area contributed by atoms with Crippen molar-refractivity contribution in [3.05, 3.63) is 0 Å². The largest absolute Gasteiger partial charge is 0.480 e. The quantitative estimate of drug-likeness (QED) is 0.0487. The third kappa shape index (κ3) is 17.8. The van der Waals surface area contributed by atoms with Gasteiger partial charge < -0.3 is 55.0 Å². The number of carbonyl (C=O) groups excluding carboxylic acids is 4. The highest BCUT2D eigenvalue weighted by Gasteiger charge is 2.31. The van der Waals surface area contributed by atoms with Crippen molar-refractivity contribution in [2.24, 2.45) is 28.7 Å². The van der Waals surface area contributed by atoms with Crippen LogP contribution in [0.15, 0.2) is 0 Å². The Hall–Kier alpha value is -2.85. The van der Waals surface area contributed by atoms with Gasteiger partial charge in [-0.1, -0.05) is 19.8 Å². The lowest BCUT2D eigenvalue weighted by atomic mass is 10.0. The van der Waals surface area contributed by atoms with E-state index in [9.17, 15) is 29.1 Å². The number of aliphatic carboxylic acids is 1. The molecule has 15 nitrogen and oxygen atoms in total. The fraction of sp³-hybridized carbons (Fsp3) is 0.821. The lowest BCUT2D eigenvalue weighted by Gasteiger charge is -2.26. The molecule has 0 aromatic carbocycles. The summed E-state index contributed by atoms with van der Waals surface area (Å²) in [7, 11) is 0. The average Bonchev–Trinajstić information content (AvgIpc) is 2.98. The van der Waals surface area contributed by atoms with Crippen LogP contribution in [0.1, 0.15) is 90.4 Å². The topological polar surface area (TPSA) is 284 Å². The predicted octanol–water partition coefficient (Wildman–Crippen LogP) is -1.74.